The summed E-state index contributed by atoms with van der Waals surface area (Å²) in [5.74, 6) is 0. The summed E-state index contributed by atoms with van der Waals surface area (Å²) < 4.78 is 2.36. The van der Waals surface area contributed by atoms with Gasteiger partial charge in [0.15, 0.2) is 0 Å². The van der Waals surface area contributed by atoms with E-state index in [9.17, 15) is 0 Å². The molecule has 1 atom stereocenters. The molecule has 2 nitrogen and oxygen atoms in total. The molecule has 2 heteroatoms. The number of hydrogen-bond acceptors (Lipinski definition) is 1. The number of likely N-dealkylation sites (N-methyl/N-ethyl adjacent to an activating group) is 2. The molecule has 1 unspecified atom stereocenters. The zero-order valence-electron chi connectivity index (χ0n) is 7.17. The Kier molecular flexibility index (Phi) is 2.30. The predicted octanol–water partition coefficient (Wildman–Crippen LogP) is 0.771. The van der Waals surface area contributed by atoms with Crippen LogP contribution in [0.4, 0.5) is 0 Å². The van der Waals surface area contributed by atoms with Crippen molar-refractivity contribution in [3.05, 3.63) is 0 Å². The van der Waals surface area contributed by atoms with Gasteiger partial charge in [-0.05, 0) is 20.8 Å². The third kappa shape index (κ3) is 1.31. The number of hydrogen-bond donors (Lipinski definition) is 0. The molecule has 0 aromatic rings. The Morgan fingerprint density at radius 3 is 2.60 bits per heavy atom. The third-order valence-electron chi connectivity index (χ3n) is 2.15. The standard InChI is InChI=1S/C8H17N2/c1-4-9-6-8(3)10(5-2)7-9/h7-8H,4-6H2,1-3H3/q+1. The Hall–Kier alpha value is -0.530. The highest BCUT2D eigenvalue weighted by Gasteiger charge is 2.24. The van der Waals surface area contributed by atoms with Gasteiger partial charge in [-0.25, -0.2) is 0 Å². The summed E-state index contributed by atoms with van der Waals surface area (Å²) in [6.07, 6.45) is 2.24. The highest BCUT2D eigenvalue weighted by atomic mass is 15.3. The summed E-state index contributed by atoms with van der Waals surface area (Å²) in [6.45, 7) is 10.1. The number of nitrogens with zero attached hydrogens (tertiary/aromatic N) is 2. The summed E-state index contributed by atoms with van der Waals surface area (Å²) in [5.41, 5.74) is 0. The second-order valence-electron chi connectivity index (χ2n) is 2.88. The molecule has 1 aliphatic rings. The van der Waals surface area contributed by atoms with Crippen molar-refractivity contribution >= 4 is 6.34 Å². The molecule has 0 bridgehead atoms. The van der Waals surface area contributed by atoms with Crippen LogP contribution in [0.15, 0.2) is 0 Å². The summed E-state index contributed by atoms with van der Waals surface area (Å²) in [4.78, 5) is 2.38. The van der Waals surface area contributed by atoms with Crippen molar-refractivity contribution in [2.75, 3.05) is 19.6 Å². The smallest absolute Gasteiger partial charge is 0.234 e. The van der Waals surface area contributed by atoms with Crippen molar-refractivity contribution in [3.8, 4) is 0 Å². The van der Waals surface area contributed by atoms with E-state index in [1.165, 1.54) is 6.54 Å². The van der Waals surface area contributed by atoms with E-state index in [1.54, 1.807) is 0 Å². The maximum Gasteiger partial charge on any atom is 0.234 e. The van der Waals surface area contributed by atoms with Gasteiger partial charge < -0.3 is 0 Å². The normalized spacial score (nSPS) is 25.3. The molecule has 0 radical (unpaired) electrons. The minimum absolute atomic E-state index is 0.713. The third-order valence-corrected chi connectivity index (χ3v) is 2.15. The first kappa shape index (κ1) is 7.58. The molecular formula is C8H17N2+. The van der Waals surface area contributed by atoms with E-state index in [0.717, 1.165) is 13.1 Å². The van der Waals surface area contributed by atoms with E-state index >= 15 is 0 Å². The minimum atomic E-state index is 0.713. The fourth-order valence-corrected chi connectivity index (χ4v) is 1.42. The van der Waals surface area contributed by atoms with Gasteiger partial charge >= 0.3 is 0 Å². The van der Waals surface area contributed by atoms with Gasteiger partial charge in [0, 0.05) is 0 Å². The molecular weight excluding hydrogens is 124 g/mol. The lowest BCUT2D eigenvalue weighted by Crippen LogP contribution is -2.28. The Morgan fingerprint density at radius 1 is 1.60 bits per heavy atom. The zero-order valence-corrected chi connectivity index (χ0v) is 7.17. The van der Waals surface area contributed by atoms with Crippen molar-refractivity contribution in [2.24, 2.45) is 0 Å². The Balaban J connectivity index is 2.52. The van der Waals surface area contributed by atoms with E-state index in [4.69, 9.17) is 0 Å². The molecule has 1 aliphatic heterocycles. The Morgan fingerprint density at radius 2 is 2.30 bits per heavy atom. The van der Waals surface area contributed by atoms with Gasteiger partial charge in [-0.2, -0.15) is 0 Å². The average Bonchev–Trinajstić information content (AvgIpc) is 2.30. The van der Waals surface area contributed by atoms with E-state index in [2.05, 4.69) is 36.6 Å². The fraction of sp³-hybridized carbons (Fsp3) is 0.875. The Labute approximate surface area is 63.2 Å². The average molecular weight is 141 g/mol. The van der Waals surface area contributed by atoms with Crippen LogP contribution in [0.3, 0.4) is 0 Å². The van der Waals surface area contributed by atoms with Crippen LogP contribution < -0.4 is 0 Å². The van der Waals surface area contributed by atoms with Crippen molar-refractivity contribution in [3.63, 3.8) is 0 Å². The Bertz CT molecular complexity index is 140. The molecule has 0 aromatic heterocycles. The van der Waals surface area contributed by atoms with Gasteiger partial charge in [-0.3, -0.25) is 9.48 Å². The minimum Gasteiger partial charge on any atom is -0.264 e. The SMILES string of the molecule is CCN1C=[N+](CC)CC1C. The molecule has 0 saturated heterocycles. The van der Waals surface area contributed by atoms with Gasteiger partial charge in [-0.15, -0.1) is 0 Å². The molecule has 1 rings (SSSR count). The molecule has 10 heavy (non-hydrogen) atoms. The van der Waals surface area contributed by atoms with E-state index in [0.29, 0.717) is 6.04 Å². The van der Waals surface area contributed by atoms with Crippen molar-refractivity contribution in [2.45, 2.75) is 26.8 Å². The second kappa shape index (κ2) is 3.04. The lowest BCUT2D eigenvalue weighted by Gasteiger charge is -2.08. The van der Waals surface area contributed by atoms with Crippen LogP contribution in [0.25, 0.3) is 0 Å². The summed E-state index contributed by atoms with van der Waals surface area (Å²) in [5, 5.41) is 0. The molecule has 0 saturated carbocycles. The van der Waals surface area contributed by atoms with Crippen LogP contribution in [0.5, 0.6) is 0 Å². The highest BCUT2D eigenvalue weighted by Crippen LogP contribution is 2.02. The van der Waals surface area contributed by atoms with Gasteiger partial charge in [-0.1, -0.05) is 0 Å². The van der Waals surface area contributed by atoms with Crippen LogP contribution in [-0.2, 0) is 0 Å². The van der Waals surface area contributed by atoms with Gasteiger partial charge in [0.2, 0.25) is 6.34 Å². The lowest BCUT2D eigenvalue weighted by atomic mass is 10.3. The van der Waals surface area contributed by atoms with E-state index in [-0.39, 0.29) is 0 Å². The van der Waals surface area contributed by atoms with E-state index < -0.39 is 0 Å². The number of rotatable bonds is 2. The first-order valence-electron chi connectivity index (χ1n) is 4.12. The molecule has 58 valence electrons. The van der Waals surface area contributed by atoms with Crippen molar-refractivity contribution < 1.29 is 4.58 Å². The molecule has 0 aliphatic carbocycles. The van der Waals surface area contributed by atoms with E-state index in [1.807, 2.05) is 0 Å². The van der Waals surface area contributed by atoms with Crippen LogP contribution in [0.2, 0.25) is 0 Å². The second-order valence-corrected chi connectivity index (χ2v) is 2.88. The monoisotopic (exact) mass is 141 g/mol. The molecule has 0 fully saturated rings. The quantitative estimate of drug-likeness (QED) is 0.515. The van der Waals surface area contributed by atoms with Gasteiger partial charge in [0.25, 0.3) is 0 Å². The highest BCUT2D eigenvalue weighted by molar-refractivity contribution is 5.51. The van der Waals surface area contributed by atoms with Gasteiger partial charge in [0.05, 0.1) is 13.1 Å². The molecule has 0 aromatic carbocycles. The molecule has 0 spiro atoms. The lowest BCUT2D eigenvalue weighted by molar-refractivity contribution is -0.513. The van der Waals surface area contributed by atoms with Crippen molar-refractivity contribution in [1.29, 1.82) is 0 Å². The van der Waals surface area contributed by atoms with Crippen LogP contribution in [-0.4, -0.2) is 41.5 Å². The maximum absolute atomic E-state index is 2.38. The fourth-order valence-electron chi connectivity index (χ4n) is 1.42. The van der Waals surface area contributed by atoms with Crippen molar-refractivity contribution in [1.82, 2.24) is 4.90 Å². The van der Waals surface area contributed by atoms with Gasteiger partial charge in [0.1, 0.15) is 12.6 Å². The molecule has 0 N–H and O–H groups in total. The van der Waals surface area contributed by atoms with Crippen LogP contribution in [0.1, 0.15) is 20.8 Å². The first-order valence-corrected chi connectivity index (χ1v) is 4.12. The van der Waals surface area contributed by atoms with Crippen LogP contribution >= 0.6 is 0 Å². The largest absolute Gasteiger partial charge is 0.264 e. The summed E-state index contributed by atoms with van der Waals surface area (Å²) >= 11 is 0. The predicted molar refractivity (Wildman–Crippen MR) is 43.6 cm³/mol. The topological polar surface area (TPSA) is 6.25 Å². The summed E-state index contributed by atoms with van der Waals surface area (Å²) in [6, 6.07) is 0.713. The molecule has 1 heterocycles. The zero-order chi connectivity index (χ0) is 7.56. The first-order chi connectivity index (χ1) is 4.77. The summed E-state index contributed by atoms with van der Waals surface area (Å²) in [7, 11) is 0. The maximum atomic E-state index is 2.38. The van der Waals surface area contributed by atoms with Crippen LogP contribution in [0, 0.1) is 0 Å². The molecule has 0 amide bonds.